The summed E-state index contributed by atoms with van der Waals surface area (Å²) in [6.45, 7) is 0. The Hall–Kier alpha value is -1.23. The molecular weight excluding hydrogens is 202 g/mol. The highest BCUT2D eigenvalue weighted by Crippen LogP contribution is 2.24. The molecule has 0 atom stereocenters. The largest absolute Gasteiger partial charge is 0.496 e. The van der Waals surface area contributed by atoms with Crippen LogP contribution in [0.15, 0.2) is 18.2 Å². The first-order valence-electron chi connectivity index (χ1n) is 4.11. The summed E-state index contributed by atoms with van der Waals surface area (Å²) in [5.41, 5.74) is 0.984. The number of nitro groups is 1. The lowest BCUT2D eigenvalue weighted by Gasteiger charge is -2.06. The van der Waals surface area contributed by atoms with Crippen LogP contribution in [-0.4, -0.2) is 17.8 Å². The molecule has 1 aromatic rings. The van der Waals surface area contributed by atoms with Gasteiger partial charge in [-0.1, -0.05) is 0 Å². The van der Waals surface area contributed by atoms with Gasteiger partial charge in [0, 0.05) is 6.07 Å². The molecule has 5 heteroatoms. The summed E-state index contributed by atoms with van der Waals surface area (Å²) in [5.74, 6) is 1.24. The van der Waals surface area contributed by atoms with Crippen molar-refractivity contribution in [3.05, 3.63) is 33.9 Å². The smallest absolute Gasteiger partial charge is 0.273 e. The molecule has 0 heterocycles. The van der Waals surface area contributed by atoms with Gasteiger partial charge in [0.25, 0.3) is 5.69 Å². The lowest BCUT2D eigenvalue weighted by atomic mass is 10.1. The maximum Gasteiger partial charge on any atom is 0.273 e. The number of hydrogen-bond acceptors (Lipinski definition) is 4. The zero-order chi connectivity index (χ0) is 10.6. The lowest BCUT2D eigenvalue weighted by molar-refractivity contribution is -0.384. The van der Waals surface area contributed by atoms with Crippen molar-refractivity contribution in [1.29, 1.82) is 0 Å². The predicted molar refractivity (Wildman–Crippen MR) is 57.2 cm³/mol. The van der Waals surface area contributed by atoms with Gasteiger partial charge in [-0.25, -0.2) is 0 Å². The zero-order valence-electron chi connectivity index (χ0n) is 7.77. The third-order valence-electron chi connectivity index (χ3n) is 1.86. The lowest BCUT2D eigenvalue weighted by Crippen LogP contribution is -1.95. The zero-order valence-corrected chi connectivity index (χ0v) is 8.66. The first-order valence-corrected chi connectivity index (χ1v) is 4.74. The van der Waals surface area contributed by atoms with Crippen LogP contribution in [0.1, 0.15) is 5.56 Å². The van der Waals surface area contributed by atoms with Crippen molar-refractivity contribution in [3.8, 4) is 5.75 Å². The molecule has 0 aliphatic rings. The van der Waals surface area contributed by atoms with Crippen LogP contribution in [0.2, 0.25) is 0 Å². The van der Waals surface area contributed by atoms with E-state index >= 15 is 0 Å². The molecule has 0 saturated heterocycles. The number of non-ortho nitro benzene ring substituents is 1. The van der Waals surface area contributed by atoms with Crippen LogP contribution in [0.5, 0.6) is 5.75 Å². The van der Waals surface area contributed by atoms with Crippen molar-refractivity contribution in [1.82, 2.24) is 0 Å². The molecule has 0 bridgehead atoms. The fourth-order valence-corrected chi connectivity index (χ4v) is 1.41. The molecular formula is C9H11NO3S. The monoisotopic (exact) mass is 213 g/mol. The van der Waals surface area contributed by atoms with Crippen LogP contribution in [0.3, 0.4) is 0 Å². The Morgan fingerprint density at radius 3 is 2.79 bits per heavy atom. The van der Waals surface area contributed by atoms with Gasteiger partial charge in [0.05, 0.1) is 18.1 Å². The van der Waals surface area contributed by atoms with E-state index in [-0.39, 0.29) is 5.69 Å². The van der Waals surface area contributed by atoms with Gasteiger partial charge in [-0.3, -0.25) is 10.1 Å². The van der Waals surface area contributed by atoms with Gasteiger partial charge >= 0.3 is 0 Å². The molecule has 76 valence electrons. The number of benzene rings is 1. The Kier molecular flexibility index (Phi) is 3.76. The Bertz CT molecular complexity index is 341. The van der Waals surface area contributed by atoms with Crippen molar-refractivity contribution in [3.63, 3.8) is 0 Å². The Balaban J connectivity index is 3.04. The second-order valence-corrected chi connectivity index (χ2v) is 3.17. The summed E-state index contributed by atoms with van der Waals surface area (Å²) in [7, 11) is 1.50. The standard InChI is InChI=1S/C9H11NO3S/c1-13-9-6-8(10(11)12)3-2-7(9)4-5-14/h2-3,6,14H,4-5H2,1H3. The van der Waals surface area contributed by atoms with Gasteiger partial charge in [0.2, 0.25) is 0 Å². The first-order chi connectivity index (χ1) is 6.69. The van der Waals surface area contributed by atoms with Crippen molar-refractivity contribution in [2.75, 3.05) is 12.9 Å². The molecule has 0 amide bonds. The molecule has 14 heavy (non-hydrogen) atoms. The van der Waals surface area contributed by atoms with Gasteiger partial charge in [-0.2, -0.15) is 12.6 Å². The number of nitro benzene ring substituents is 1. The van der Waals surface area contributed by atoms with E-state index in [0.29, 0.717) is 11.5 Å². The van der Waals surface area contributed by atoms with E-state index in [1.807, 2.05) is 0 Å². The van der Waals surface area contributed by atoms with E-state index in [2.05, 4.69) is 12.6 Å². The minimum Gasteiger partial charge on any atom is -0.496 e. The predicted octanol–water partition coefficient (Wildman–Crippen LogP) is 2.08. The van der Waals surface area contributed by atoms with Gasteiger partial charge in [-0.05, 0) is 23.8 Å². The van der Waals surface area contributed by atoms with Crippen molar-refractivity contribution in [2.45, 2.75) is 6.42 Å². The van der Waals surface area contributed by atoms with E-state index in [1.54, 1.807) is 6.07 Å². The molecule has 0 aromatic heterocycles. The molecule has 0 N–H and O–H groups in total. The van der Waals surface area contributed by atoms with E-state index in [9.17, 15) is 10.1 Å². The van der Waals surface area contributed by atoms with Crippen LogP contribution in [0.25, 0.3) is 0 Å². The van der Waals surface area contributed by atoms with Crippen LogP contribution in [0.4, 0.5) is 5.69 Å². The number of thiol groups is 1. The van der Waals surface area contributed by atoms with Gasteiger partial charge in [0.15, 0.2) is 0 Å². The summed E-state index contributed by atoms with van der Waals surface area (Å²) in [4.78, 5) is 10.0. The minimum atomic E-state index is -0.438. The number of aryl methyl sites for hydroxylation is 1. The SMILES string of the molecule is COc1cc([N+](=O)[O-])ccc1CCS. The molecule has 0 aliphatic carbocycles. The molecule has 0 saturated carbocycles. The number of ether oxygens (including phenoxy) is 1. The van der Waals surface area contributed by atoms with E-state index in [4.69, 9.17) is 4.74 Å². The number of rotatable bonds is 4. The molecule has 1 aromatic carbocycles. The molecule has 1 rings (SSSR count). The van der Waals surface area contributed by atoms with Gasteiger partial charge in [-0.15, -0.1) is 0 Å². The second-order valence-electron chi connectivity index (χ2n) is 2.73. The van der Waals surface area contributed by atoms with Crippen molar-refractivity contribution < 1.29 is 9.66 Å². The normalized spacial score (nSPS) is 9.86. The van der Waals surface area contributed by atoms with Crippen molar-refractivity contribution in [2.24, 2.45) is 0 Å². The third kappa shape index (κ3) is 2.38. The first kappa shape index (κ1) is 10.8. The van der Waals surface area contributed by atoms with Crippen LogP contribution < -0.4 is 4.74 Å². The average Bonchev–Trinajstić information content (AvgIpc) is 2.18. The number of methoxy groups -OCH3 is 1. The Labute approximate surface area is 87.4 Å². The highest BCUT2D eigenvalue weighted by Gasteiger charge is 2.10. The van der Waals surface area contributed by atoms with E-state index < -0.39 is 4.92 Å². The van der Waals surface area contributed by atoms with Crippen LogP contribution >= 0.6 is 12.6 Å². The summed E-state index contributed by atoms with van der Waals surface area (Å²) in [5, 5.41) is 10.5. The van der Waals surface area contributed by atoms with Gasteiger partial charge < -0.3 is 4.74 Å². The Morgan fingerprint density at radius 1 is 1.57 bits per heavy atom. The minimum absolute atomic E-state index is 0.0461. The average molecular weight is 213 g/mol. The second kappa shape index (κ2) is 4.85. The molecule has 0 unspecified atom stereocenters. The summed E-state index contributed by atoms with van der Waals surface area (Å²) < 4.78 is 5.05. The maximum atomic E-state index is 10.5. The molecule has 0 fully saturated rings. The molecule has 4 nitrogen and oxygen atoms in total. The maximum absolute atomic E-state index is 10.5. The van der Waals surface area contributed by atoms with Crippen LogP contribution in [-0.2, 0) is 6.42 Å². The van der Waals surface area contributed by atoms with E-state index in [1.165, 1.54) is 19.2 Å². The highest BCUT2D eigenvalue weighted by molar-refractivity contribution is 7.80. The highest BCUT2D eigenvalue weighted by atomic mass is 32.1. The summed E-state index contributed by atoms with van der Waals surface area (Å²) >= 11 is 4.10. The third-order valence-corrected chi connectivity index (χ3v) is 2.09. The van der Waals surface area contributed by atoms with Crippen LogP contribution in [0, 0.1) is 10.1 Å². The Morgan fingerprint density at radius 2 is 2.29 bits per heavy atom. The molecule has 0 aliphatic heterocycles. The number of nitrogens with zero attached hydrogens (tertiary/aromatic N) is 1. The summed E-state index contributed by atoms with van der Waals surface area (Å²) in [6, 6.07) is 4.60. The van der Waals surface area contributed by atoms with Gasteiger partial charge in [0.1, 0.15) is 5.75 Å². The number of hydrogen-bond donors (Lipinski definition) is 1. The quantitative estimate of drug-likeness (QED) is 0.473. The van der Waals surface area contributed by atoms with Crippen molar-refractivity contribution >= 4 is 18.3 Å². The fourth-order valence-electron chi connectivity index (χ4n) is 1.17. The van der Waals surface area contributed by atoms with E-state index in [0.717, 1.165) is 12.0 Å². The topological polar surface area (TPSA) is 52.4 Å². The molecule has 0 spiro atoms. The summed E-state index contributed by atoms with van der Waals surface area (Å²) in [6.07, 6.45) is 0.740. The fraction of sp³-hybridized carbons (Fsp3) is 0.333. The molecule has 0 radical (unpaired) electrons.